The molecule has 0 spiro atoms. The number of benzene rings is 2. The Kier molecular flexibility index (Phi) is 8.53. The number of rotatable bonds is 9. The molecule has 0 saturated heterocycles. The number of nitrogens with one attached hydrogen (secondary N) is 1. The van der Waals surface area contributed by atoms with Crippen molar-refractivity contribution >= 4 is 27.5 Å². The van der Waals surface area contributed by atoms with E-state index >= 15 is 0 Å². The summed E-state index contributed by atoms with van der Waals surface area (Å²) in [6.45, 7) is 4.86. The molecule has 1 saturated carbocycles. The van der Waals surface area contributed by atoms with E-state index in [4.69, 9.17) is 0 Å². The largest absolute Gasteiger partial charge is 0.352 e. The van der Waals surface area contributed by atoms with Gasteiger partial charge >= 0.3 is 0 Å². The van der Waals surface area contributed by atoms with Crippen LogP contribution < -0.4 is 9.62 Å². The minimum absolute atomic E-state index is 0.0444. The highest BCUT2D eigenvalue weighted by Crippen LogP contribution is 2.25. The number of carbonyl (C=O) groups excluding carboxylic acids is 2. The van der Waals surface area contributed by atoms with Crippen LogP contribution in [0.25, 0.3) is 0 Å². The Bertz CT molecular complexity index is 1160. The summed E-state index contributed by atoms with van der Waals surface area (Å²) >= 11 is 0. The molecular weight excluding hydrogens is 469 g/mol. The lowest BCUT2D eigenvalue weighted by molar-refractivity contribution is -0.139. The van der Waals surface area contributed by atoms with Gasteiger partial charge in [-0.15, -0.1) is 0 Å². The van der Waals surface area contributed by atoms with Crippen molar-refractivity contribution in [2.75, 3.05) is 17.1 Å². The van der Waals surface area contributed by atoms with E-state index in [0.29, 0.717) is 16.8 Å². The maximum absolute atomic E-state index is 13.6. The van der Waals surface area contributed by atoms with Gasteiger partial charge in [0, 0.05) is 12.6 Å². The van der Waals surface area contributed by atoms with Gasteiger partial charge in [-0.05, 0) is 68.5 Å². The fourth-order valence-electron chi connectivity index (χ4n) is 4.34. The molecule has 35 heavy (non-hydrogen) atoms. The third-order valence-electron chi connectivity index (χ3n) is 6.45. The Morgan fingerprint density at radius 2 is 1.71 bits per heavy atom. The first-order chi connectivity index (χ1) is 16.5. The first-order valence-electron chi connectivity index (χ1n) is 11.8. The van der Waals surface area contributed by atoms with Crippen molar-refractivity contribution in [2.24, 2.45) is 0 Å². The van der Waals surface area contributed by atoms with Gasteiger partial charge in [0.25, 0.3) is 0 Å². The topological polar surface area (TPSA) is 86.8 Å². The average molecular weight is 504 g/mol. The molecule has 2 aromatic rings. The number of aryl methyl sites for hydroxylation is 2. The molecule has 1 N–H and O–H groups in total. The number of anilines is 1. The highest BCUT2D eigenvalue weighted by molar-refractivity contribution is 7.92. The van der Waals surface area contributed by atoms with E-state index in [1.54, 1.807) is 38.1 Å². The molecule has 2 amide bonds. The average Bonchev–Trinajstić information content (AvgIpc) is 3.30. The minimum Gasteiger partial charge on any atom is -0.352 e. The highest BCUT2D eigenvalue weighted by atomic mass is 32.2. The summed E-state index contributed by atoms with van der Waals surface area (Å²) < 4.78 is 40.0. The molecule has 9 heteroatoms. The van der Waals surface area contributed by atoms with Crippen molar-refractivity contribution < 1.29 is 22.4 Å². The summed E-state index contributed by atoms with van der Waals surface area (Å²) in [5.74, 6) is -1.21. The number of nitrogens with zero attached hydrogens (tertiary/aromatic N) is 2. The number of amides is 2. The molecule has 0 heterocycles. The van der Waals surface area contributed by atoms with E-state index in [9.17, 15) is 22.4 Å². The zero-order chi connectivity index (χ0) is 25.8. The molecule has 0 aliphatic heterocycles. The van der Waals surface area contributed by atoms with Gasteiger partial charge in [0.15, 0.2) is 0 Å². The predicted octanol–water partition coefficient (Wildman–Crippen LogP) is 3.68. The van der Waals surface area contributed by atoms with Gasteiger partial charge in [0.2, 0.25) is 21.8 Å². The Morgan fingerprint density at radius 1 is 1.09 bits per heavy atom. The van der Waals surface area contributed by atoms with Gasteiger partial charge in [-0.25, -0.2) is 12.8 Å². The van der Waals surface area contributed by atoms with E-state index in [0.717, 1.165) is 41.8 Å². The van der Waals surface area contributed by atoms with Crippen LogP contribution in [-0.2, 0) is 26.2 Å². The Hall–Kier alpha value is -2.94. The summed E-state index contributed by atoms with van der Waals surface area (Å²) in [7, 11) is -3.79. The van der Waals surface area contributed by atoms with Crippen LogP contribution in [0.5, 0.6) is 0 Å². The van der Waals surface area contributed by atoms with Gasteiger partial charge in [-0.1, -0.05) is 37.1 Å². The number of sulfonamides is 1. The monoisotopic (exact) mass is 503 g/mol. The lowest BCUT2D eigenvalue weighted by Gasteiger charge is -2.32. The van der Waals surface area contributed by atoms with Crippen LogP contribution in [-0.4, -0.2) is 50.0 Å². The van der Waals surface area contributed by atoms with E-state index in [1.807, 2.05) is 13.0 Å². The summed E-state index contributed by atoms with van der Waals surface area (Å²) in [6.07, 6.45) is 4.97. The number of carbonyl (C=O) groups is 2. The van der Waals surface area contributed by atoms with Crippen molar-refractivity contribution in [3.63, 3.8) is 0 Å². The third-order valence-corrected chi connectivity index (χ3v) is 7.57. The summed E-state index contributed by atoms with van der Waals surface area (Å²) in [5, 5.41) is 3.02. The van der Waals surface area contributed by atoms with Crippen LogP contribution in [0.1, 0.15) is 49.3 Å². The van der Waals surface area contributed by atoms with Crippen LogP contribution in [0.15, 0.2) is 42.5 Å². The number of hydrogen-bond acceptors (Lipinski definition) is 4. The van der Waals surface area contributed by atoms with E-state index < -0.39 is 34.3 Å². The quantitative estimate of drug-likeness (QED) is 0.566. The lowest BCUT2D eigenvalue weighted by atomic mass is 10.1. The zero-order valence-electron chi connectivity index (χ0n) is 20.8. The SMILES string of the molecule is Cc1ccc(C)c(N(CC(=O)N(Cc2ccc(F)cc2)C(C)C(=O)NC2CCCC2)S(C)(=O)=O)c1. The molecule has 1 atom stereocenters. The maximum atomic E-state index is 13.6. The smallest absolute Gasteiger partial charge is 0.244 e. The van der Waals surface area contributed by atoms with Crippen molar-refractivity contribution in [2.45, 2.75) is 65.1 Å². The van der Waals surface area contributed by atoms with E-state index in [-0.39, 0.29) is 18.5 Å². The van der Waals surface area contributed by atoms with Crippen molar-refractivity contribution in [1.82, 2.24) is 10.2 Å². The standard InChI is InChI=1S/C26H34FN3O4S/c1-18-9-10-19(2)24(15-18)30(35(4,33)34)17-25(31)29(16-21-11-13-22(27)14-12-21)20(3)26(32)28-23-7-5-6-8-23/h9-15,20,23H,5-8,16-17H2,1-4H3,(H,28,32). The van der Waals surface area contributed by atoms with Gasteiger partial charge < -0.3 is 10.2 Å². The Morgan fingerprint density at radius 3 is 2.31 bits per heavy atom. The summed E-state index contributed by atoms with van der Waals surface area (Å²) in [6, 6.07) is 10.3. The van der Waals surface area contributed by atoms with Gasteiger partial charge in [-0.2, -0.15) is 0 Å². The Balaban J connectivity index is 1.90. The second-order valence-electron chi connectivity index (χ2n) is 9.37. The van der Waals surface area contributed by atoms with Crippen molar-refractivity contribution in [3.05, 3.63) is 65.0 Å². The summed E-state index contributed by atoms with van der Waals surface area (Å²) in [5.41, 5.74) is 2.63. The van der Waals surface area contributed by atoms with Gasteiger partial charge in [0.05, 0.1) is 11.9 Å². The molecular formula is C26H34FN3O4S. The molecule has 1 aliphatic rings. The molecule has 0 aromatic heterocycles. The highest BCUT2D eigenvalue weighted by Gasteiger charge is 2.31. The molecule has 0 radical (unpaired) electrons. The number of halogens is 1. The lowest BCUT2D eigenvalue weighted by Crippen LogP contribution is -2.52. The molecule has 1 fully saturated rings. The second-order valence-corrected chi connectivity index (χ2v) is 11.3. The molecule has 2 aromatic carbocycles. The maximum Gasteiger partial charge on any atom is 0.244 e. The van der Waals surface area contributed by atoms with Crippen molar-refractivity contribution in [1.29, 1.82) is 0 Å². The minimum atomic E-state index is -3.79. The summed E-state index contributed by atoms with van der Waals surface area (Å²) in [4.78, 5) is 28.0. The van der Waals surface area contributed by atoms with E-state index in [1.165, 1.54) is 17.0 Å². The molecule has 190 valence electrons. The van der Waals surface area contributed by atoms with Crippen LogP contribution >= 0.6 is 0 Å². The molecule has 1 unspecified atom stereocenters. The van der Waals surface area contributed by atoms with Crippen LogP contribution in [0.3, 0.4) is 0 Å². The van der Waals surface area contributed by atoms with Crippen molar-refractivity contribution in [3.8, 4) is 0 Å². The molecule has 1 aliphatic carbocycles. The third kappa shape index (κ3) is 7.04. The molecule has 3 rings (SSSR count). The number of hydrogen-bond donors (Lipinski definition) is 1. The first-order valence-corrected chi connectivity index (χ1v) is 13.7. The van der Waals surface area contributed by atoms with Crippen LogP contribution in [0, 0.1) is 19.7 Å². The van der Waals surface area contributed by atoms with Crippen LogP contribution in [0.2, 0.25) is 0 Å². The van der Waals surface area contributed by atoms with Gasteiger partial charge in [0.1, 0.15) is 18.4 Å². The molecule has 0 bridgehead atoms. The first kappa shape index (κ1) is 26.7. The van der Waals surface area contributed by atoms with Crippen LogP contribution in [0.4, 0.5) is 10.1 Å². The molecule has 7 nitrogen and oxygen atoms in total. The fraction of sp³-hybridized carbons (Fsp3) is 0.462. The fourth-order valence-corrected chi connectivity index (χ4v) is 5.24. The van der Waals surface area contributed by atoms with Gasteiger partial charge in [-0.3, -0.25) is 13.9 Å². The predicted molar refractivity (Wildman–Crippen MR) is 135 cm³/mol. The van der Waals surface area contributed by atoms with E-state index in [2.05, 4.69) is 5.32 Å². The Labute approximate surface area is 207 Å². The zero-order valence-corrected chi connectivity index (χ0v) is 21.6. The normalized spacial score (nSPS) is 15.0. The second kappa shape index (κ2) is 11.2.